The second kappa shape index (κ2) is 5.75. The fourth-order valence-electron chi connectivity index (χ4n) is 2.49. The van der Waals surface area contributed by atoms with Crippen LogP contribution in [-0.4, -0.2) is 0 Å². The molecule has 1 nitrogen and oxygen atoms in total. The zero-order valence-corrected chi connectivity index (χ0v) is 11.9. The zero-order chi connectivity index (χ0) is 13.8. The van der Waals surface area contributed by atoms with Gasteiger partial charge in [-0.25, -0.2) is 0 Å². The molecule has 0 amide bonds. The number of anilines is 1. The fraction of sp³-hybridized carbons (Fsp3) is 0.222. The molecule has 0 saturated carbocycles. The Hall–Kier alpha value is -2.02. The molecule has 2 aromatic rings. The summed E-state index contributed by atoms with van der Waals surface area (Å²) >= 11 is 0. The summed E-state index contributed by atoms with van der Waals surface area (Å²) in [5.74, 6) is 0.283. The van der Waals surface area contributed by atoms with E-state index in [0.717, 1.165) is 5.70 Å². The number of hydrogen-bond donors (Lipinski definition) is 1. The van der Waals surface area contributed by atoms with Crippen molar-refractivity contribution < 1.29 is 0 Å². The summed E-state index contributed by atoms with van der Waals surface area (Å²) in [6.45, 7) is 10.3. The third-order valence-electron chi connectivity index (χ3n) is 3.29. The number of nitrogens with one attached hydrogen (secondary N) is 1. The maximum Gasteiger partial charge on any atom is 0.0505 e. The molecule has 0 saturated heterocycles. The Balaban J connectivity index is 0.000000637. The molecule has 1 heterocycles. The highest BCUT2D eigenvalue weighted by molar-refractivity contribution is 5.68. The minimum absolute atomic E-state index is 0.283. The van der Waals surface area contributed by atoms with E-state index in [1.54, 1.807) is 0 Å². The Morgan fingerprint density at radius 1 is 1.00 bits per heavy atom. The summed E-state index contributed by atoms with van der Waals surface area (Å²) in [5.41, 5.74) is 6.18. The smallest absolute Gasteiger partial charge is 0.0505 e. The maximum atomic E-state index is 4.15. The second-order valence-corrected chi connectivity index (χ2v) is 4.58. The van der Waals surface area contributed by atoms with E-state index in [-0.39, 0.29) is 5.92 Å². The van der Waals surface area contributed by atoms with E-state index >= 15 is 0 Å². The van der Waals surface area contributed by atoms with Crippen molar-refractivity contribution >= 4 is 5.69 Å². The van der Waals surface area contributed by atoms with E-state index in [1.807, 2.05) is 19.9 Å². The van der Waals surface area contributed by atoms with Crippen LogP contribution in [0.1, 0.15) is 36.5 Å². The van der Waals surface area contributed by atoms with Gasteiger partial charge in [-0.1, -0.05) is 68.5 Å². The third kappa shape index (κ3) is 2.55. The minimum atomic E-state index is 0.283. The van der Waals surface area contributed by atoms with E-state index in [4.69, 9.17) is 0 Å². The van der Waals surface area contributed by atoms with Crippen molar-refractivity contribution in [3.8, 4) is 0 Å². The lowest BCUT2D eigenvalue weighted by Crippen LogP contribution is -2.00. The van der Waals surface area contributed by atoms with Crippen LogP contribution in [0.3, 0.4) is 0 Å². The summed E-state index contributed by atoms with van der Waals surface area (Å²) in [7, 11) is 0. The summed E-state index contributed by atoms with van der Waals surface area (Å²) in [5, 5.41) is 3.38. The van der Waals surface area contributed by atoms with Crippen LogP contribution in [0.25, 0.3) is 0 Å². The lowest BCUT2D eigenvalue weighted by atomic mass is 9.90. The van der Waals surface area contributed by atoms with Crippen molar-refractivity contribution in [3.63, 3.8) is 0 Å². The summed E-state index contributed by atoms with van der Waals surface area (Å²) < 4.78 is 0. The molecule has 3 rings (SSSR count). The Morgan fingerprint density at radius 3 is 2.37 bits per heavy atom. The number of rotatable bonds is 1. The SMILES string of the molecule is C=C1Nc2ccc(C)cc2C1c1ccccc1.CC. The first-order valence-corrected chi connectivity index (χ1v) is 6.87. The molecule has 1 aliphatic heterocycles. The average molecular weight is 251 g/mol. The van der Waals surface area contributed by atoms with Crippen LogP contribution in [0, 0.1) is 6.92 Å². The largest absolute Gasteiger partial charge is 0.358 e. The van der Waals surface area contributed by atoms with Crippen molar-refractivity contribution in [2.45, 2.75) is 26.7 Å². The molecule has 2 aromatic carbocycles. The van der Waals surface area contributed by atoms with Gasteiger partial charge in [0.1, 0.15) is 0 Å². The first kappa shape index (κ1) is 13.4. The van der Waals surface area contributed by atoms with Gasteiger partial charge in [0.05, 0.1) is 5.92 Å². The molecule has 0 aliphatic carbocycles. The Kier molecular flexibility index (Phi) is 4.06. The van der Waals surface area contributed by atoms with Gasteiger partial charge in [0.15, 0.2) is 0 Å². The van der Waals surface area contributed by atoms with E-state index in [0.29, 0.717) is 0 Å². The van der Waals surface area contributed by atoms with Gasteiger partial charge >= 0.3 is 0 Å². The molecule has 1 N–H and O–H groups in total. The van der Waals surface area contributed by atoms with Gasteiger partial charge in [-0.2, -0.15) is 0 Å². The molecule has 0 aromatic heterocycles. The van der Waals surface area contributed by atoms with Gasteiger partial charge in [0.2, 0.25) is 0 Å². The van der Waals surface area contributed by atoms with E-state index in [9.17, 15) is 0 Å². The highest BCUT2D eigenvalue weighted by atomic mass is 14.9. The molecule has 0 radical (unpaired) electrons. The molecular formula is C18H21N. The third-order valence-corrected chi connectivity index (χ3v) is 3.29. The van der Waals surface area contributed by atoms with Crippen LogP contribution in [0.4, 0.5) is 5.69 Å². The molecular weight excluding hydrogens is 230 g/mol. The number of hydrogen-bond acceptors (Lipinski definition) is 1. The van der Waals surface area contributed by atoms with Crippen LogP contribution < -0.4 is 5.32 Å². The summed E-state index contributed by atoms with van der Waals surface area (Å²) in [6, 6.07) is 17.0. The number of fused-ring (bicyclic) bond motifs is 1. The average Bonchev–Trinajstić information content (AvgIpc) is 2.77. The number of benzene rings is 2. The van der Waals surface area contributed by atoms with E-state index in [2.05, 4.69) is 61.3 Å². The standard InChI is InChI=1S/C16H15N.C2H6/c1-11-8-9-15-14(10-11)16(12(2)17-15)13-6-4-3-5-7-13;1-2/h3-10,16-17H,2H2,1H3;1-2H3. The highest BCUT2D eigenvalue weighted by Gasteiger charge is 2.26. The van der Waals surface area contributed by atoms with Crippen LogP contribution in [-0.2, 0) is 0 Å². The van der Waals surface area contributed by atoms with Crippen LogP contribution in [0.2, 0.25) is 0 Å². The van der Waals surface area contributed by atoms with Crippen molar-refractivity contribution in [1.82, 2.24) is 0 Å². The molecule has 1 aliphatic rings. The number of allylic oxidation sites excluding steroid dienone is 1. The first-order valence-electron chi connectivity index (χ1n) is 6.87. The fourth-order valence-corrected chi connectivity index (χ4v) is 2.49. The van der Waals surface area contributed by atoms with E-state index in [1.165, 1.54) is 22.4 Å². The zero-order valence-electron chi connectivity index (χ0n) is 11.9. The summed E-state index contributed by atoms with van der Waals surface area (Å²) in [4.78, 5) is 0. The van der Waals surface area contributed by atoms with Crippen molar-refractivity contribution in [1.29, 1.82) is 0 Å². The molecule has 19 heavy (non-hydrogen) atoms. The van der Waals surface area contributed by atoms with Gasteiger partial charge in [-0.05, 0) is 24.1 Å². The molecule has 0 bridgehead atoms. The van der Waals surface area contributed by atoms with Crippen LogP contribution in [0.15, 0.2) is 60.8 Å². The van der Waals surface area contributed by atoms with Gasteiger partial charge in [0.25, 0.3) is 0 Å². The van der Waals surface area contributed by atoms with Gasteiger partial charge in [0, 0.05) is 11.4 Å². The molecule has 1 unspecified atom stereocenters. The van der Waals surface area contributed by atoms with Crippen LogP contribution in [0.5, 0.6) is 0 Å². The molecule has 1 atom stereocenters. The predicted octanol–water partition coefficient (Wildman–Crippen LogP) is 5.09. The molecule has 0 fully saturated rings. The normalized spacial score (nSPS) is 16.2. The Bertz CT molecular complexity index is 569. The molecule has 0 spiro atoms. The topological polar surface area (TPSA) is 12.0 Å². The van der Waals surface area contributed by atoms with Gasteiger partial charge in [-0.3, -0.25) is 0 Å². The first-order chi connectivity index (χ1) is 9.25. The molecule has 1 heteroatoms. The predicted molar refractivity (Wildman–Crippen MR) is 83.6 cm³/mol. The highest BCUT2D eigenvalue weighted by Crippen LogP contribution is 2.42. The van der Waals surface area contributed by atoms with E-state index < -0.39 is 0 Å². The van der Waals surface area contributed by atoms with Crippen molar-refractivity contribution in [2.24, 2.45) is 0 Å². The second-order valence-electron chi connectivity index (χ2n) is 4.58. The quantitative estimate of drug-likeness (QED) is 0.744. The van der Waals surface area contributed by atoms with Gasteiger partial charge in [-0.15, -0.1) is 0 Å². The number of aryl methyl sites for hydroxylation is 1. The minimum Gasteiger partial charge on any atom is -0.358 e. The van der Waals surface area contributed by atoms with Crippen LogP contribution >= 0.6 is 0 Å². The van der Waals surface area contributed by atoms with Crippen molar-refractivity contribution in [2.75, 3.05) is 5.32 Å². The lowest BCUT2D eigenvalue weighted by molar-refractivity contribution is 1.01. The Morgan fingerprint density at radius 2 is 1.68 bits per heavy atom. The summed E-state index contributed by atoms with van der Waals surface area (Å²) in [6.07, 6.45) is 0. The lowest BCUT2D eigenvalue weighted by Gasteiger charge is -2.12. The monoisotopic (exact) mass is 251 g/mol. The van der Waals surface area contributed by atoms with Gasteiger partial charge < -0.3 is 5.32 Å². The maximum absolute atomic E-state index is 4.15. The van der Waals surface area contributed by atoms with Crippen molar-refractivity contribution in [3.05, 3.63) is 77.5 Å². The Labute approximate surface area is 116 Å². The molecule has 98 valence electrons.